The molecule has 0 aliphatic carbocycles. The van der Waals surface area contributed by atoms with Gasteiger partial charge in [-0.05, 0) is 37.9 Å². The molecule has 0 radical (unpaired) electrons. The lowest BCUT2D eigenvalue weighted by Crippen LogP contribution is -2.69. The molecule has 0 saturated carbocycles. The zero-order valence-electron chi connectivity index (χ0n) is 34.1. The van der Waals surface area contributed by atoms with E-state index in [4.69, 9.17) is 48.4 Å². The van der Waals surface area contributed by atoms with Gasteiger partial charge >= 0.3 is 0 Å². The average molecular weight is 914 g/mol. The average Bonchev–Trinajstić information content (AvgIpc) is 3.26. The van der Waals surface area contributed by atoms with Crippen molar-refractivity contribution in [3.05, 3.63) is 34.4 Å². The van der Waals surface area contributed by atoms with Crippen LogP contribution >= 0.6 is 0 Å². The number of unbranched alkanes of at least 4 members (excludes halogenated alkanes) is 2. The van der Waals surface area contributed by atoms with E-state index in [-0.39, 0.29) is 18.0 Å². The first kappa shape index (κ1) is 51.1. The molecule has 26 nitrogen and oxygen atoms in total. The summed E-state index contributed by atoms with van der Waals surface area (Å²) in [7, 11) is 0. The second-order valence-electron chi connectivity index (χ2n) is 15.5. The van der Waals surface area contributed by atoms with Crippen molar-refractivity contribution in [1.29, 1.82) is 0 Å². The number of hydrogen-bond acceptors (Lipinski definition) is 24. The second kappa shape index (κ2) is 23.5. The molecule has 4 aliphatic heterocycles. The molecule has 4 aliphatic rings. The van der Waals surface area contributed by atoms with Crippen molar-refractivity contribution in [2.24, 2.45) is 5.73 Å². The Balaban J connectivity index is 1.31. The van der Waals surface area contributed by atoms with E-state index in [0.29, 0.717) is 19.4 Å². The van der Waals surface area contributed by atoms with Crippen molar-refractivity contribution in [3.63, 3.8) is 0 Å². The summed E-state index contributed by atoms with van der Waals surface area (Å²) in [6.45, 7) is -1.44. The van der Waals surface area contributed by atoms with E-state index >= 15 is 0 Å². The molecular formula is C37H59N3O23. The molecule has 5 rings (SSSR count). The topological polar surface area (TPSA) is 404 Å². The zero-order valence-corrected chi connectivity index (χ0v) is 34.1. The third kappa shape index (κ3) is 12.3. The monoisotopic (exact) mass is 913 g/mol. The van der Waals surface area contributed by atoms with Gasteiger partial charge in [-0.15, -0.1) is 0 Å². The minimum Gasteiger partial charge on any atom is -0.491 e. The maximum absolute atomic E-state index is 12.0. The number of non-ortho nitro benzene ring substituents is 1. The fourth-order valence-electron chi connectivity index (χ4n) is 7.52. The van der Waals surface area contributed by atoms with Gasteiger partial charge < -0.3 is 110 Å². The first-order valence-corrected chi connectivity index (χ1v) is 20.4. The smallest absolute Gasteiger partial charge is 0.269 e. The van der Waals surface area contributed by atoms with Gasteiger partial charge in [-0.25, -0.2) is 0 Å². The third-order valence-electron chi connectivity index (χ3n) is 11.0. The van der Waals surface area contributed by atoms with Gasteiger partial charge in [0.15, 0.2) is 25.2 Å². The Kier molecular flexibility index (Phi) is 19.1. The quantitative estimate of drug-likeness (QED) is 0.0329. The van der Waals surface area contributed by atoms with E-state index in [1.807, 2.05) is 0 Å². The van der Waals surface area contributed by atoms with Crippen LogP contribution < -0.4 is 15.8 Å². The van der Waals surface area contributed by atoms with Crippen LogP contribution in [-0.4, -0.2) is 229 Å². The number of nitrogens with one attached hydrogen (secondary N) is 1. The predicted octanol–water partition coefficient (Wildman–Crippen LogP) is -6.46. The SMILES string of the molecule is CC(=O)N[C@H]1C(O)[C@@H](O)C(CO)O[C@H]1O[C@@H]1C(O)[C@@H](O[C@H]2C(CO)O[C@@H](O[C@@H]3C(COc4ccc([N+](=O)[O-])cc4)O[C@@H](OCCCCCN)[C@@H](O)C3O)[C@@H](O)C2O)OC(CO)[C@@H]1O. The predicted molar refractivity (Wildman–Crippen MR) is 204 cm³/mol. The van der Waals surface area contributed by atoms with Crippen molar-refractivity contribution in [2.75, 3.05) is 39.6 Å². The van der Waals surface area contributed by atoms with Crippen molar-refractivity contribution in [1.82, 2.24) is 5.32 Å². The minimum atomic E-state index is -2.07. The molecule has 4 fully saturated rings. The number of hydrogen-bond donors (Lipinski definition) is 13. The molecule has 63 heavy (non-hydrogen) atoms. The standard InChI is InChI=1S/C37H59N3O23/c1-15(44)39-22-25(47)23(45)18(11-41)57-34(22)63-33-24(46)19(12-42)58-37(30(33)52)61-31-20(13-43)59-36(29(51)27(31)49)62-32-21(14-56-17-7-5-16(6-8-17)40(53)54)60-35(28(50)26(32)48)55-10-4-2-3-9-38/h5-8,18-37,41-43,45-52H,2-4,9-14,38H2,1H3,(H,39,44)/t18?,19?,20?,21?,22-,23-,24-,25?,26?,27?,28-,29-,30?,31-,32+,33-,34-,35+,36-,37+/m0/s1. The highest BCUT2D eigenvalue weighted by molar-refractivity contribution is 5.73. The second-order valence-corrected chi connectivity index (χ2v) is 15.5. The molecule has 14 N–H and O–H groups in total. The van der Waals surface area contributed by atoms with Crippen molar-refractivity contribution >= 4 is 11.6 Å². The summed E-state index contributed by atoms with van der Waals surface area (Å²) in [6.07, 6.45) is -31.2. The van der Waals surface area contributed by atoms with Gasteiger partial charge in [0.05, 0.1) is 24.7 Å². The Morgan fingerprint density at radius 1 is 0.651 bits per heavy atom. The number of nitro groups is 1. The van der Waals surface area contributed by atoms with Gasteiger partial charge in [-0.3, -0.25) is 14.9 Å². The molecule has 0 bridgehead atoms. The Morgan fingerprint density at radius 2 is 1.17 bits per heavy atom. The van der Waals surface area contributed by atoms with E-state index in [1.54, 1.807) is 0 Å². The normalized spacial score (nSPS) is 40.9. The Hall–Kier alpha value is -2.91. The lowest BCUT2D eigenvalue weighted by atomic mass is 9.95. The van der Waals surface area contributed by atoms with Gasteiger partial charge in [0, 0.05) is 25.7 Å². The number of aliphatic hydroxyl groups is 11. The van der Waals surface area contributed by atoms with Crippen LogP contribution in [0.2, 0.25) is 0 Å². The van der Waals surface area contributed by atoms with E-state index in [1.165, 1.54) is 24.3 Å². The van der Waals surface area contributed by atoms with Crippen LogP contribution in [0.4, 0.5) is 5.69 Å². The van der Waals surface area contributed by atoms with Crippen LogP contribution in [0.25, 0.3) is 0 Å². The lowest BCUT2D eigenvalue weighted by molar-refractivity contribution is -0.386. The highest BCUT2D eigenvalue weighted by Gasteiger charge is 2.55. The van der Waals surface area contributed by atoms with Crippen molar-refractivity contribution in [3.8, 4) is 5.75 Å². The third-order valence-corrected chi connectivity index (χ3v) is 11.0. The van der Waals surface area contributed by atoms with Gasteiger partial charge in [0.2, 0.25) is 5.91 Å². The summed E-state index contributed by atoms with van der Waals surface area (Å²) < 4.78 is 51.9. The number of carbonyl (C=O) groups excluding carboxylic acids is 1. The van der Waals surface area contributed by atoms with E-state index in [2.05, 4.69) is 5.32 Å². The van der Waals surface area contributed by atoms with Crippen LogP contribution in [0, 0.1) is 10.1 Å². The Bertz CT molecular complexity index is 1570. The number of rotatable bonds is 20. The molecule has 0 aromatic heterocycles. The van der Waals surface area contributed by atoms with Crippen LogP contribution in [0.1, 0.15) is 26.2 Å². The molecule has 360 valence electrons. The van der Waals surface area contributed by atoms with Gasteiger partial charge in [0.25, 0.3) is 5.69 Å². The molecule has 8 unspecified atom stereocenters. The van der Waals surface area contributed by atoms with Crippen LogP contribution in [0.3, 0.4) is 0 Å². The van der Waals surface area contributed by atoms with Crippen molar-refractivity contribution < 1.29 is 109 Å². The minimum absolute atomic E-state index is 0.111. The van der Waals surface area contributed by atoms with Gasteiger partial charge in [0.1, 0.15) is 110 Å². The van der Waals surface area contributed by atoms with Crippen LogP contribution in [0.15, 0.2) is 24.3 Å². The summed E-state index contributed by atoms with van der Waals surface area (Å²) in [5, 5.41) is 132. The summed E-state index contributed by atoms with van der Waals surface area (Å²) in [4.78, 5) is 22.5. The molecule has 1 aromatic carbocycles. The zero-order chi connectivity index (χ0) is 46.1. The molecule has 4 heterocycles. The van der Waals surface area contributed by atoms with Crippen LogP contribution in [-0.2, 0) is 42.7 Å². The van der Waals surface area contributed by atoms with Crippen LogP contribution in [0.5, 0.6) is 5.75 Å². The highest BCUT2D eigenvalue weighted by Crippen LogP contribution is 2.35. The van der Waals surface area contributed by atoms with E-state index in [0.717, 1.165) is 13.3 Å². The highest BCUT2D eigenvalue weighted by atomic mass is 16.8. The number of ether oxygens (including phenoxy) is 9. The number of nitro benzene ring substituents is 1. The number of aliphatic hydroxyl groups excluding tert-OH is 11. The fourth-order valence-corrected chi connectivity index (χ4v) is 7.52. The molecule has 1 amide bonds. The maximum Gasteiger partial charge on any atom is 0.269 e. The fraction of sp³-hybridized carbons (Fsp3) is 0.811. The molecule has 26 heteroatoms. The lowest BCUT2D eigenvalue weighted by Gasteiger charge is -2.49. The summed E-state index contributed by atoms with van der Waals surface area (Å²) in [5.74, 6) is -0.556. The van der Waals surface area contributed by atoms with Gasteiger partial charge in [-0.2, -0.15) is 0 Å². The summed E-state index contributed by atoms with van der Waals surface area (Å²) in [6, 6.07) is 3.48. The number of carbonyl (C=O) groups is 1. The largest absolute Gasteiger partial charge is 0.491 e. The van der Waals surface area contributed by atoms with Crippen molar-refractivity contribution in [2.45, 2.75) is 149 Å². The summed E-state index contributed by atoms with van der Waals surface area (Å²) >= 11 is 0. The molecule has 0 spiro atoms. The first-order valence-electron chi connectivity index (χ1n) is 20.4. The molecule has 20 atom stereocenters. The van der Waals surface area contributed by atoms with Gasteiger partial charge in [-0.1, -0.05) is 0 Å². The first-order chi connectivity index (χ1) is 30.0. The molecular weight excluding hydrogens is 854 g/mol. The number of nitrogens with two attached hydrogens (primary N) is 1. The number of benzene rings is 1. The number of nitrogens with zero attached hydrogens (tertiary/aromatic N) is 1. The van der Waals surface area contributed by atoms with E-state index in [9.17, 15) is 71.1 Å². The van der Waals surface area contributed by atoms with E-state index < -0.39 is 160 Å². The Labute approximate surface area is 359 Å². The Morgan fingerprint density at radius 3 is 1.76 bits per heavy atom. The molecule has 1 aromatic rings. The summed E-state index contributed by atoms with van der Waals surface area (Å²) in [5.41, 5.74) is 5.33. The molecule has 4 saturated heterocycles. The maximum atomic E-state index is 12.0. The number of amides is 1.